The van der Waals surface area contributed by atoms with E-state index in [4.69, 9.17) is 0 Å². The lowest BCUT2D eigenvalue weighted by Crippen LogP contribution is -2.09. The fourth-order valence-electron chi connectivity index (χ4n) is 1.08. The van der Waals surface area contributed by atoms with Crippen LogP contribution in [0.3, 0.4) is 0 Å². The Morgan fingerprint density at radius 2 is 2.00 bits per heavy atom. The van der Waals surface area contributed by atoms with Crippen molar-refractivity contribution in [2.24, 2.45) is 0 Å². The third-order valence-corrected chi connectivity index (χ3v) is 2.82. The number of hydrogen-bond donors (Lipinski definition) is 0. The quantitative estimate of drug-likeness (QED) is 0.600. The third kappa shape index (κ3) is 4.14. The molecule has 17 heavy (non-hydrogen) atoms. The second-order valence-corrected chi connectivity index (χ2v) is 4.10. The Morgan fingerprint density at radius 3 is 2.59 bits per heavy atom. The van der Waals surface area contributed by atoms with Crippen LogP contribution in [0.15, 0.2) is 18.2 Å². The molecule has 0 radical (unpaired) electrons. The van der Waals surface area contributed by atoms with E-state index < -0.39 is 23.4 Å². The highest BCUT2D eigenvalue weighted by Gasteiger charge is 2.13. The summed E-state index contributed by atoms with van der Waals surface area (Å²) in [6, 6.07) is 2.76. The van der Waals surface area contributed by atoms with E-state index in [-0.39, 0.29) is 17.1 Å². The molecule has 1 aromatic carbocycles. The molecule has 0 amide bonds. The van der Waals surface area contributed by atoms with E-state index in [0.29, 0.717) is 6.07 Å². The van der Waals surface area contributed by atoms with Crippen molar-refractivity contribution in [3.05, 3.63) is 35.4 Å². The third-order valence-electron chi connectivity index (χ3n) is 1.91. The van der Waals surface area contributed by atoms with Gasteiger partial charge in [0.05, 0.1) is 24.2 Å². The van der Waals surface area contributed by atoms with Gasteiger partial charge in [0.1, 0.15) is 11.6 Å². The van der Waals surface area contributed by atoms with Crippen LogP contribution in [-0.4, -0.2) is 30.4 Å². The van der Waals surface area contributed by atoms with E-state index in [1.54, 1.807) is 0 Å². The predicted octanol–water partition coefficient (Wildman–Crippen LogP) is 2.05. The molecule has 0 aliphatic carbocycles. The van der Waals surface area contributed by atoms with Gasteiger partial charge in [0.25, 0.3) is 0 Å². The fourth-order valence-corrected chi connectivity index (χ4v) is 1.81. The molecule has 1 rings (SSSR count). The van der Waals surface area contributed by atoms with Gasteiger partial charge in [-0.15, -0.1) is 11.8 Å². The van der Waals surface area contributed by atoms with Gasteiger partial charge in [0, 0.05) is 6.07 Å². The number of esters is 1. The minimum Gasteiger partial charge on any atom is -0.468 e. The molecule has 0 spiro atoms. The number of methoxy groups -OCH3 is 1. The number of benzene rings is 1. The van der Waals surface area contributed by atoms with Crippen LogP contribution in [-0.2, 0) is 9.53 Å². The molecule has 6 heteroatoms. The summed E-state index contributed by atoms with van der Waals surface area (Å²) in [6.07, 6.45) is 0. The maximum atomic E-state index is 13.2. The van der Waals surface area contributed by atoms with Crippen molar-refractivity contribution in [3.63, 3.8) is 0 Å². The number of carbonyl (C=O) groups is 2. The van der Waals surface area contributed by atoms with Gasteiger partial charge in [0.2, 0.25) is 0 Å². The van der Waals surface area contributed by atoms with Gasteiger partial charge < -0.3 is 4.74 Å². The summed E-state index contributed by atoms with van der Waals surface area (Å²) in [7, 11) is 1.24. The van der Waals surface area contributed by atoms with Crippen LogP contribution in [0.5, 0.6) is 0 Å². The van der Waals surface area contributed by atoms with E-state index in [1.807, 2.05) is 0 Å². The molecule has 0 heterocycles. The summed E-state index contributed by atoms with van der Waals surface area (Å²) in [5.74, 6) is -2.61. The Labute approximate surface area is 101 Å². The summed E-state index contributed by atoms with van der Waals surface area (Å²) in [5, 5.41) is 0. The molecule has 0 atom stereocenters. The van der Waals surface area contributed by atoms with Crippen LogP contribution in [0.25, 0.3) is 0 Å². The minimum absolute atomic E-state index is 0.0189. The van der Waals surface area contributed by atoms with Crippen molar-refractivity contribution < 1.29 is 23.1 Å². The first-order chi connectivity index (χ1) is 8.04. The number of ketones is 1. The zero-order valence-corrected chi connectivity index (χ0v) is 9.85. The molecular weight excluding hydrogens is 250 g/mol. The number of carbonyl (C=O) groups excluding carboxylic acids is 2. The van der Waals surface area contributed by atoms with Gasteiger partial charge in [-0.2, -0.15) is 0 Å². The second kappa shape index (κ2) is 6.34. The van der Waals surface area contributed by atoms with Crippen LogP contribution in [0.4, 0.5) is 8.78 Å². The highest BCUT2D eigenvalue weighted by Crippen LogP contribution is 2.13. The van der Waals surface area contributed by atoms with Crippen molar-refractivity contribution in [1.82, 2.24) is 0 Å². The van der Waals surface area contributed by atoms with Crippen LogP contribution in [0.2, 0.25) is 0 Å². The Kier molecular flexibility index (Phi) is 5.09. The molecule has 0 unspecified atom stereocenters. The van der Waals surface area contributed by atoms with Gasteiger partial charge in [-0.3, -0.25) is 9.59 Å². The van der Waals surface area contributed by atoms with Gasteiger partial charge in [0.15, 0.2) is 5.78 Å². The average molecular weight is 260 g/mol. The number of thioether (sulfide) groups is 1. The lowest BCUT2D eigenvalue weighted by atomic mass is 10.1. The summed E-state index contributed by atoms with van der Waals surface area (Å²) < 4.78 is 30.2. The molecule has 92 valence electrons. The zero-order chi connectivity index (χ0) is 12.8. The second-order valence-electron chi connectivity index (χ2n) is 3.12. The molecule has 0 N–H and O–H groups in total. The summed E-state index contributed by atoms with van der Waals surface area (Å²) in [4.78, 5) is 22.3. The van der Waals surface area contributed by atoms with E-state index in [1.165, 1.54) is 7.11 Å². The highest BCUT2D eigenvalue weighted by atomic mass is 32.2. The normalized spacial score (nSPS) is 10.1. The van der Waals surface area contributed by atoms with Crippen LogP contribution >= 0.6 is 11.8 Å². The first kappa shape index (κ1) is 13.6. The summed E-state index contributed by atoms with van der Waals surface area (Å²) in [5.41, 5.74) is -0.177. The van der Waals surface area contributed by atoms with Crippen LogP contribution in [0.1, 0.15) is 10.4 Å². The molecule has 0 aliphatic heterocycles. The highest BCUT2D eigenvalue weighted by molar-refractivity contribution is 8.00. The van der Waals surface area contributed by atoms with E-state index in [0.717, 1.165) is 23.9 Å². The van der Waals surface area contributed by atoms with Crippen molar-refractivity contribution in [2.75, 3.05) is 18.6 Å². The van der Waals surface area contributed by atoms with Gasteiger partial charge >= 0.3 is 5.97 Å². The first-order valence-corrected chi connectivity index (χ1v) is 5.83. The maximum absolute atomic E-state index is 13.2. The summed E-state index contributed by atoms with van der Waals surface area (Å²) >= 11 is 1.02. The van der Waals surface area contributed by atoms with Crippen molar-refractivity contribution in [2.45, 2.75) is 0 Å². The standard InChI is InChI=1S/C11H10F2O3S/c1-16-11(15)6-17-5-10(14)8-3-2-7(12)4-9(8)13/h2-4H,5-6H2,1H3. The molecule has 0 saturated carbocycles. The van der Waals surface area contributed by atoms with Crippen molar-refractivity contribution in [3.8, 4) is 0 Å². The monoisotopic (exact) mass is 260 g/mol. The van der Waals surface area contributed by atoms with Gasteiger partial charge in [-0.25, -0.2) is 8.78 Å². The molecule has 0 saturated heterocycles. The Balaban J connectivity index is 2.55. The van der Waals surface area contributed by atoms with E-state index in [2.05, 4.69) is 4.74 Å². The van der Waals surface area contributed by atoms with Crippen molar-refractivity contribution >= 4 is 23.5 Å². The molecule has 0 aliphatic rings. The Hall–Kier alpha value is -1.43. The maximum Gasteiger partial charge on any atom is 0.315 e. The first-order valence-electron chi connectivity index (χ1n) is 4.67. The zero-order valence-electron chi connectivity index (χ0n) is 9.04. The molecule has 3 nitrogen and oxygen atoms in total. The minimum atomic E-state index is -0.895. The SMILES string of the molecule is COC(=O)CSCC(=O)c1ccc(F)cc1F. The molecule has 0 fully saturated rings. The number of rotatable bonds is 5. The number of Topliss-reactive ketones (excluding diaryl/α,β-unsaturated/α-hetero) is 1. The largest absolute Gasteiger partial charge is 0.468 e. The van der Waals surface area contributed by atoms with Crippen LogP contribution in [0, 0.1) is 11.6 Å². The predicted molar refractivity (Wildman–Crippen MR) is 60.0 cm³/mol. The molecule has 0 aromatic heterocycles. The number of hydrogen-bond acceptors (Lipinski definition) is 4. The lowest BCUT2D eigenvalue weighted by Gasteiger charge is -2.02. The molecule has 1 aromatic rings. The summed E-state index contributed by atoms with van der Waals surface area (Å²) in [6.45, 7) is 0. The van der Waals surface area contributed by atoms with E-state index >= 15 is 0 Å². The Morgan fingerprint density at radius 1 is 1.29 bits per heavy atom. The smallest absolute Gasteiger partial charge is 0.315 e. The number of halogens is 2. The number of ether oxygens (including phenoxy) is 1. The van der Waals surface area contributed by atoms with E-state index in [9.17, 15) is 18.4 Å². The molecular formula is C11H10F2O3S. The van der Waals surface area contributed by atoms with Gasteiger partial charge in [-0.05, 0) is 12.1 Å². The average Bonchev–Trinajstić information content (AvgIpc) is 2.28. The van der Waals surface area contributed by atoms with Crippen molar-refractivity contribution in [1.29, 1.82) is 0 Å². The van der Waals surface area contributed by atoms with Gasteiger partial charge in [-0.1, -0.05) is 0 Å². The lowest BCUT2D eigenvalue weighted by molar-refractivity contribution is -0.137. The van der Waals surface area contributed by atoms with Crippen LogP contribution < -0.4 is 0 Å². The fraction of sp³-hybridized carbons (Fsp3) is 0.273. The Bertz CT molecular complexity index is 435. The topological polar surface area (TPSA) is 43.4 Å². The molecule has 0 bridgehead atoms.